The SMILES string of the molecule is C1CNCCN2CCNCCNCCN(CCNC1)CCNCCNCC2. The molecule has 0 spiro atoms. The van der Waals surface area contributed by atoms with Crippen molar-refractivity contribution in [1.82, 2.24) is 41.7 Å². The molecule has 3 aliphatic rings. The average Bonchev–Trinajstić information content (AvgIpc) is 2.68. The topological polar surface area (TPSA) is 78.7 Å². The number of hydrogen-bond acceptors (Lipinski definition) is 8. The molecule has 6 N–H and O–H groups in total. The van der Waals surface area contributed by atoms with Crippen molar-refractivity contribution in [3.05, 3.63) is 0 Å². The van der Waals surface area contributed by atoms with E-state index in [1.54, 1.807) is 0 Å². The zero-order valence-corrected chi connectivity index (χ0v) is 17.3. The normalized spacial score (nSPS) is 30.2. The molecule has 3 saturated heterocycles. The van der Waals surface area contributed by atoms with Crippen LogP contribution in [0.15, 0.2) is 0 Å². The molecule has 2 bridgehead atoms. The summed E-state index contributed by atoms with van der Waals surface area (Å²) >= 11 is 0. The Morgan fingerprint density at radius 2 is 0.556 bits per heavy atom. The predicted octanol–water partition coefficient (Wildman–Crippen LogP) is -2.45. The van der Waals surface area contributed by atoms with Crippen molar-refractivity contribution in [3.8, 4) is 0 Å². The van der Waals surface area contributed by atoms with Crippen LogP contribution in [0.4, 0.5) is 0 Å². The van der Waals surface area contributed by atoms with Crippen LogP contribution in [0, 0.1) is 0 Å². The van der Waals surface area contributed by atoms with Gasteiger partial charge in [0.05, 0.1) is 0 Å². The van der Waals surface area contributed by atoms with Gasteiger partial charge in [-0.2, -0.15) is 0 Å². The molecule has 3 heterocycles. The van der Waals surface area contributed by atoms with Crippen molar-refractivity contribution in [2.45, 2.75) is 6.42 Å². The molecule has 3 fully saturated rings. The third-order valence-corrected chi connectivity index (χ3v) is 5.29. The highest BCUT2D eigenvalue weighted by atomic mass is 15.2. The highest BCUT2D eigenvalue weighted by molar-refractivity contribution is 4.68. The van der Waals surface area contributed by atoms with Crippen molar-refractivity contribution in [2.75, 3.05) is 118 Å². The van der Waals surface area contributed by atoms with E-state index in [4.69, 9.17) is 0 Å². The van der Waals surface area contributed by atoms with E-state index in [2.05, 4.69) is 41.7 Å². The molecule has 160 valence electrons. The molecule has 0 amide bonds. The van der Waals surface area contributed by atoms with Gasteiger partial charge in [-0.25, -0.2) is 0 Å². The van der Waals surface area contributed by atoms with Gasteiger partial charge in [0.15, 0.2) is 0 Å². The van der Waals surface area contributed by atoms with E-state index in [0.29, 0.717) is 0 Å². The maximum atomic E-state index is 3.61. The lowest BCUT2D eigenvalue weighted by Gasteiger charge is -2.24. The second kappa shape index (κ2) is 16.6. The second-order valence-corrected chi connectivity index (χ2v) is 7.54. The molecule has 0 aliphatic carbocycles. The van der Waals surface area contributed by atoms with Crippen LogP contribution in [-0.2, 0) is 0 Å². The summed E-state index contributed by atoms with van der Waals surface area (Å²) in [6, 6.07) is 0. The third-order valence-electron chi connectivity index (χ3n) is 5.29. The van der Waals surface area contributed by atoms with Crippen molar-refractivity contribution in [2.24, 2.45) is 0 Å². The molecule has 8 heteroatoms. The molecule has 27 heavy (non-hydrogen) atoms. The summed E-state index contributed by atoms with van der Waals surface area (Å²) in [4.78, 5) is 5.14. The molecule has 0 aromatic rings. The first-order chi connectivity index (χ1) is 13.4. The first-order valence-corrected chi connectivity index (χ1v) is 11.1. The van der Waals surface area contributed by atoms with E-state index in [9.17, 15) is 0 Å². The van der Waals surface area contributed by atoms with Gasteiger partial charge in [0.2, 0.25) is 0 Å². The average molecular weight is 385 g/mol. The van der Waals surface area contributed by atoms with E-state index in [-0.39, 0.29) is 0 Å². The smallest absolute Gasteiger partial charge is 0.0108 e. The van der Waals surface area contributed by atoms with Crippen molar-refractivity contribution in [1.29, 1.82) is 0 Å². The lowest BCUT2D eigenvalue weighted by atomic mass is 10.3. The lowest BCUT2D eigenvalue weighted by Crippen LogP contribution is -2.44. The summed E-state index contributed by atoms with van der Waals surface area (Å²) in [5.41, 5.74) is 0. The van der Waals surface area contributed by atoms with Crippen LogP contribution in [0.3, 0.4) is 0 Å². The molecular formula is C19H44N8. The van der Waals surface area contributed by atoms with E-state index in [1.807, 2.05) is 0 Å². The Morgan fingerprint density at radius 1 is 0.296 bits per heavy atom. The largest absolute Gasteiger partial charge is 0.315 e. The van der Waals surface area contributed by atoms with Gasteiger partial charge in [0, 0.05) is 105 Å². The number of hydrogen-bond donors (Lipinski definition) is 6. The molecule has 3 aliphatic heterocycles. The summed E-state index contributed by atoms with van der Waals surface area (Å²) in [5, 5.41) is 21.6. The predicted molar refractivity (Wildman–Crippen MR) is 115 cm³/mol. The molecule has 0 atom stereocenters. The third kappa shape index (κ3) is 12.7. The van der Waals surface area contributed by atoms with E-state index < -0.39 is 0 Å². The Bertz CT molecular complexity index is 275. The van der Waals surface area contributed by atoms with Crippen LogP contribution in [0.1, 0.15) is 6.42 Å². The van der Waals surface area contributed by atoms with Crippen LogP contribution in [0.2, 0.25) is 0 Å². The van der Waals surface area contributed by atoms with Gasteiger partial charge in [-0.3, -0.25) is 9.80 Å². The maximum absolute atomic E-state index is 3.61. The summed E-state index contributed by atoms with van der Waals surface area (Å²) < 4.78 is 0. The Morgan fingerprint density at radius 3 is 0.852 bits per heavy atom. The Kier molecular flexibility index (Phi) is 14.1. The minimum Gasteiger partial charge on any atom is -0.315 e. The van der Waals surface area contributed by atoms with Crippen LogP contribution < -0.4 is 31.9 Å². The standard InChI is InChI=1S/C19H44N8/c1-2-20-8-14-26-16-10-22-4-6-24-12-18-27(15-9-21-3-1)19-13-25-7-5-23-11-17-26/h20-25H,1-19H2. The van der Waals surface area contributed by atoms with Gasteiger partial charge in [0.1, 0.15) is 0 Å². The fourth-order valence-corrected chi connectivity index (χ4v) is 3.54. The highest BCUT2D eigenvalue weighted by Crippen LogP contribution is 1.89. The fourth-order valence-electron chi connectivity index (χ4n) is 3.54. The first kappa shape index (κ1) is 23.0. The maximum Gasteiger partial charge on any atom is 0.0108 e. The van der Waals surface area contributed by atoms with Crippen LogP contribution in [0.25, 0.3) is 0 Å². The molecule has 0 saturated carbocycles. The molecular weight excluding hydrogens is 340 g/mol. The highest BCUT2D eigenvalue weighted by Gasteiger charge is 2.07. The van der Waals surface area contributed by atoms with Gasteiger partial charge in [-0.05, 0) is 19.5 Å². The monoisotopic (exact) mass is 384 g/mol. The summed E-state index contributed by atoms with van der Waals surface area (Å²) in [5.74, 6) is 0. The van der Waals surface area contributed by atoms with Crippen LogP contribution in [0.5, 0.6) is 0 Å². The number of rotatable bonds is 0. The Hall–Kier alpha value is -0.320. The first-order valence-electron chi connectivity index (χ1n) is 11.1. The molecule has 3 rings (SSSR count). The number of nitrogens with one attached hydrogen (secondary N) is 6. The van der Waals surface area contributed by atoms with Gasteiger partial charge in [-0.15, -0.1) is 0 Å². The molecule has 8 nitrogen and oxygen atoms in total. The van der Waals surface area contributed by atoms with E-state index >= 15 is 0 Å². The van der Waals surface area contributed by atoms with Gasteiger partial charge in [-0.1, -0.05) is 0 Å². The minimum atomic E-state index is 1.05. The molecule has 0 unspecified atom stereocenters. The number of nitrogens with zero attached hydrogens (tertiary/aromatic N) is 2. The van der Waals surface area contributed by atoms with Crippen molar-refractivity contribution < 1.29 is 0 Å². The summed E-state index contributed by atoms with van der Waals surface area (Å²) in [6.45, 7) is 19.6. The second-order valence-electron chi connectivity index (χ2n) is 7.54. The van der Waals surface area contributed by atoms with Crippen molar-refractivity contribution >= 4 is 0 Å². The van der Waals surface area contributed by atoms with Gasteiger partial charge in [0.25, 0.3) is 0 Å². The minimum absolute atomic E-state index is 1.05. The van der Waals surface area contributed by atoms with E-state index in [1.165, 1.54) is 6.42 Å². The number of fused-ring (bicyclic) bond motifs is 22. The Labute approximate surface area is 166 Å². The molecule has 0 radical (unpaired) electrons. The zero-order valence-electron chi connectivity index (χ0n) is 17.3. The molecule has 0 aromatic carbocycles. The summed E-state index contributed by atoms with van der Waals surface area (Å²) in [6.07, 6.45) is 1.20. The van der Waals surface area contributed by atoms with E-state index in [0.717, 1.165) is 118 Å². The van der Waals surface area contributed by atoms with Crippen molar-refractivity contribution in [3.63, 3.8) is 0 Å². The van der Waals surface area contributed by atoms with Gasteiger partial charge >= 0.3 is 0 Å². The Balaban J connectivity index is 1.87. The fraction of sp³-hybridized carbons (Fsp3) is 1.00. The lowest BCUT2D eigenvalue weighted by molar-refractivity contribution is 0.267. The van der Waals surface area contributed by atoms with Gasteiger partial charge < -0.3 is 31.9 Å². The summed E-state index contributed by atoms with van der Waals surface area (Å²) in [7, 11) is 0. The van der Waals surface area contributed by atoms with Crippen LogP contribution in [-0.4, -0.2) is 128 Å². The zero-order chi connectivity index (χ0) is 18.8. The van der Waals surface area contributed by atoms with Crippen LogP contribution >= 0.6 is 0 Å². The molecule has 0 aromatic heterocycles. The quantitative estimate of drug-likeness (QED) is 0.275.